The molecule has 0 radical (unpaired) electrons. The van der Waals surface area contributed by atoms with Gasteiger partial charge in [0.2, 0.25) is 0 Å². The van der Waals surface area contributed by atoms with Crippen molar-refractivity contribution >= 4 is 17.9 Å². The van der Waals surface area contributed by atoms with Gasteiger partial charge in [0.1, 0.15) is 13.2 Å². The third-order valence-electron chi connectivity index (χ3n) is 8.56. The van der Waals surface area contributed by atoms with Crippen molar-refractivity contribution in [3.8, 4) is 0 Å². The lowest BCUT2D eigenvalue weighted by atomic mass is 10.1. The molecule has 0 amide bonds. The average molecular weight is 775 g/mol. The van der Waals surface area contributed by atoms with E-state index in [0.29, 0.717) is 12.8 Å². The molecule has 0 saturated carbocycles. The summed E-state index contributed by atoms with van der Waals surface area (Å²) in [4.78, 5) is 37.6. The van der Waals surface area contributed by atoms with Crippen LogP contribution in [0.2, 0.25) is 0 Å². The first-order chi connectivity index (χ1) is 27.5. The summed E-state index contributed by atoms with van der Waals surface area (Å²) in [6.45, 7) is 6.15. The van der Waals surface area contributed by atoms with Gasteiger partial charge in [-0.15, -0.1) is 0 Å². The van der Waals surface area contributed by atoms with Gasteiger partial charge in [0.05, 0.1) is 0 Å². The van der Waals surface area contributed by atoms with E-state index >= 15 is 0 Å². The first kappa shape index (κ1) is 52.1. The van der Waals surface area contributed by atoms with Crippen LogP contribution >= 0.6 is 0 Å². The van der Waals surface area contributed by atoms with E-state index in [4.69, 9.17) is 14.2 Å². The van der Waals surface area contributed by atoms with Gasteiger partial charge < -0.3 is 14.2 Å². The van der Waals surface area contributed by atoms with E-state index in [9.17, 15) is 14.4 Å². The van der Waals surface area contributed by atoms with E-state index < -0.39 is 6.10 Å². The molecule has 1 unspecified atom stereocenters. The largest absolute Gasteiger partial charge is 0.462 e. The normalized spacial score (nSPS) is 13.1. The van der Waals surface area contributed by atoms with Gasteiger partial charge in [-0.25, -0.2) is 0 Å². The fourth-order valence-corrected chi connectivity index (χ4v) is 5.35. The molecule has 0 aliphatic rings. The number of esters is 3. The van der Waals surface area contributed by atoms with Crippen molar-refractivity contribution < 1.29 is 28.6 Å². The molecule has 0 N–H and O–H groups in total. The molecule has 0 aromatic carbocycles. The third kappa shape index (κ3) is 41.2. The molecule has 1 atom stereocenters. The zero-order chi connectivity index (χ0) is 40.8. The molecule has 0 aromatic rings. The lowest BCUT2D eigenvalue weighted by molar-refractivity contribution is -0.167. The Morgan fingerprint density at radius 3 is 1.25 bits per heavy atom. The van der Waals surface area contributed by atoms with Crippen LogP contribution < -0.4 is 0 Å². The van der Waals surface area contributed by atoms with Crippen LogP contribution in [0.5, 0.6) is 0 Å². The van der Waals surface area contributed by atoms with E-state index in [1.165, 1.54) is 0 Å². The van der Waals surface area contributed by atoms with Crippen molar-refractivity contribution in [1.29, 1.82) is 0 Å². The second-order valence-corrected chi connectivity index (χ2v) is 13.9. The molecule has 0 saturated heterocycles. The van der Waals surface area contributed by atoms with Crippen LogP contribution in [0.3, 0.4) is 0 Å². The van der Waals surface area contributed by atoms with Gasteiger partial charge >= 0.3 is 17.9 Å². The van der Waals surface area contributed by atoms with Crippen LogP contribution in [0.4, 0.5) is 0 Å². The molecule has 0 rings (SSSR count). The van der Waals surface area contributed by atoms with Crippen molar-refractivity contribution in [3.63, 3.8) is 0 Å². The highest BCUT2D eigenvalue weighted by atomic mass is 16.6. The molecule has 0 aliphatic carbocycles. The molecule has 6 heteroatoms. The first-order valence-corrected chi connectivity index (χ1v) is 21.9. The molecular formula is C50H78O6. The highest BCUT2D eigenvalue weighted by Crippen LogP contribution is 2.11. The Hall–Kier alpha value is -3.93. The lowest BCUT2D eigenvalue weighted by Gasteiger charge is -2.18. The van der Waals surface area contributed by atoms with Crippen molar-refractivity contribution in [1.82, 2.24) is 0 Å². The number of ether oxygens (including phenoxy) is 3. The predicted molar refractivity (Wildman–Crippen MR) is 237 cm³/mol. The second-order valence-electron chi connectivity index (χ2n) is 13.9. The summed E-state index contributed by atoms with van der Waals surface area (Å²) in [7, 11) is 0. The maximum absolute atomic E-state index is 12.7. The predicted octanol–water partition coefficient (Wildman–Crippen LogP) is 14.0. The van der Waals surface area contributed by atoms with Crippen molar-refractivity contribution in [3.05, 3.63) is 109 Å². The molecule has 0 aromatic heterocycles. The van der Waals surface area contributed by atoms with Gasteiger partial charge in [-0.1, -0.05) is 156 Å². The highest BCUT2D eigenvalue weighted by molar-refractivity contribution is 5.71. The van der Waals surface area contributed by atoms with Crippen LogP contribution in [0.1, 0.15) is 168 Å². The van der Waals surface area contributed by atoms with Gasteiger partial charge in [0, 0.05) is 19.3 Å². The smallest absolute Gasteiger partial charge is 0.306 e. The number of carbonyl (C=O) groups excluding carboxylic acids is 3. The number of hydrogen-bond donors (Lipinski definition) is 0. The van der Waals surface area contributed by atoms with Crippen molar-refractivity contribution in [2.45, 2.75) is 175 Å². The summed E-state index contributed by atoms with van der Waals surface area (Å²) >= 11 is 0. The topological polar surface area (TPSA) is 78.9 Å². The van der Waals surface area contributed by atoms with E-state index in [-0.39, 0.29) is 37.5 Å². The van der Waals surface area contributed by atoms with Gasteiger partial charge in [-0.05, 0) is 103 Å². The Balaban J connectivity index is 4.50. The zero-order valence-electron chi connectivity index (χ0n) is 35.6. The Labute approximate surface area is 342 Å². The summed E-state index contributed by atoms with van der Waals surface area (Å²) in [6.07, 6.45) is 58.0. The SMILES string of the molecule is CC\C=C/C=C\C=C/CCCCCCCC(=O)OC(COC(=O)CCCC/C=C\C/C=C\CC)COC(=O)CCCCC/C=C\C/C=C\C/C=C\C/C=C\CC. The number of hydrogen-bond acceptors (Lipinski definition) is 6. The minimum atomic E-state index is -0.814. The second kappa shape index (κ2) is 43.8. The van der Waals surface area contributed by atoms with E-state index in [1.807, 2.05) is 6.08 Å². The molecular weight excluding hydrogens is 697 g/mol. The van der Waals surface area contributed by atoms with Gasteiger partial charge in [-0.2, -0.15) is 0 Å². The van der Waals surface area contributed by atoms with Gasteiger partial charge in [0.25, 0.3) is 0 Å². The summed E-state index contributed by atoms with van der Waals surface area (Å²) in [5.74, 6) is -1.02. The number of carbonyl (C=O) groups is 3. The summed E-state index contributed by atoms with van der Waals surface area (Å²) in [5.41, 5.74) is 0. The molecule has 6 nitrogen and oxygen atoms in total. The fraction of sp³-hybridized carbons (Fsp3) is 0.580. The first-order valence-electron chi connectivity index (χ1n) is 21.9. The lowest BCUT2D eigenvalue weighted by Crippen LogP contribution is -2.30. The Bertz CT molecular complexity index is 1210. The van der Waals surface area contributed by atoms with Gasteiger partial charge in [-0.3, -0.25) is 14.4 Å². The standard InChI is InChI=1S/C50H78O6/c1-4-7-10-13-16-19-21-23-24-25-27-28-31-34-37-40-43-49(52)55-46-47(45-54-48(51)42-39-36-33-30-18-15-12-9-6-3)56-50(53)44-41-38-35-32-29-26-22-20-17-14-11-8-5-2/h7-12,14,16-20,22-24,27-28,30,47H,4-6,13,15,21,25-26,29,31-46H2,1-3H3/b10-7-,11-8-,12-9-,17-14-,19-16-,22-20-,24-23-,28-27-,30-18-. The van der Waals surface area contributed by atoms with Crippen LogP contribution in [0.15, 0.2) is 109 Å². The van der Waals surface area contributed by atoms with Crippen LogP contribution in [0.25, 0.3) is 0 Å². The summed E-state index contributed by atoms with van der Waals surface area (Å²) in [6, 6.07) is 0. The maximum atomic E-state index is 12.7. The van der Waals surface area contributed by atoms with E-state index in [1.54, 1.807) is 0 Å². The summed E-state index contributed by atoms with van der Waals surface area (Å²) < 4.78 is 16.6. The third-order valence-corrected chi connectivity index (χ3v) is 8.56. The number of rotatable bonds is 37. The van der Waals surface area contributed by atoms with E-state index in [0.717, 1.165) is 128 Å². The van der Waals surface area contributed by atoms with Crippen molar-refractivity contribution in [2.24, 2.45) is 0 Å². The minimum Gasteiger partial charge on any atom is -0.462 e. The molecule has 0 fully saturated rings. The monoisotopic (exact) mass is 775 g/mol. The molecule has 0 aliphatic heterocycles. The molecule has 0 bridgehead atoms. The number of unbranched alkanes of at least 4 members (excludes halogenated alkanes) is 10. The van der Waals surface area contributed by atoms with Crippen LogP contribution in [-0.4, -0.2) is 37.2 Å². The molecule has 56 heavy (non-hydrogen) atoms. The van der Waals surface area contributed by atoms with Crippen LogP contribution in [-0.2, 0) is 28.6 Å². The Kier molecular flexibility index (Phi) is 40.7. The summed E-state index contributed by atoms with van der Waals surface area (Å²) in [5, 5.41) is 0. The highest BCUT2D eigenvalue weighted by Gasteiger charge is 2.19. The number of allylic oxidation sites excluding steroid dienone is 18. The van der Waals surface area contributed by atoms with Crippen molar-refractivity contribution in [2.75, 3.05) is 13.2 Å². The van der Waals surface area contributed by atoms with Crippen LogP contribution in [0, 0.1) is 0 Å². The minimum absolute atomic E-state index is 0.116. The zero-order valence-corrected chi connectivity index (χ0v) is 35.6. The van der Waals surface area contributed by atoms with E-state index in [2.05, 4.69) is 124 Å². The molecule has 314 valence electrons. The molecule has 0 heterocycles. The Morgan fingerprint density at radius 2 is 0.732 bits per heavy atom. The quantitative estimate of drug-likeness (QED) is 0.0206. The Morgan fingerprint density at radius 1 is 0.375 bits per heavy atom. The molecule has 0 spiro atoms. The maximum Gasteiger partial charge on any atom is 0.306 e. The van der Waals surface area contributed by atoms with Gasteiger partial charge in [0.15, 0.2) is 6.10 Å². The average Bonchev–Trinajstić information content (AvgIpc) is 3.19. The fourth-order valence-electron chi connectivity index (χ4n) is 5.35.